The third-order valence-electron chi connectivity index (χ3n) is 6.21. The zero-order chi connectivity index (χ0) is 23.5. The molecule has 1 N–H and O–H groups in total. The maximum atomic E-state index is 9.62. The molecule has 1 saturated heterocycles. The minimum Gasteiger partial charge on any atom is -0.342 e. The van der Waals surface area contributed by atoms with E-state index in [1.54, 1.807) is 23.3 Å². The Morgan fingerprint density at radius 1 is 1.12 bits per heavy atom. The van der Waals surface area contributed by atoms with Gasteiger partial charge in [-0.3, -0.25) is 0 Å². The van der Waals surface area contributed by atoms with Gasteiger partial charge in [0.2, 0.25) is 5.96 Å². The van der Waals surface area contributed by atoms with Crippen LogP contribution in [0.1, 0.15) is 40.8 Å². The molecule has 34 heavy (non-hydrogen) atoms. The fourth-order valence-corrected chi connectivity index (χ4v) is 5.95. The lowest BCUT2D eigenvalue weighted by molar-refractivity contribution is 0.306. The van der Waals surface area contributed by atoms with Gasteiger partial charge in [0.1, 0.15) is 5.69 Å². The number of likely N-dealkylation sites (tertiary alicyclic amines) is 1. The summed E-state index contributed by atoms with van der Waals surface area (Å²) >= 11 is 3.26. The van der Waals surface area contributed by atoms with Gasteiger partial charge in [0.25, 0.3) is 0 Å². The number of nitrogens with zero attached hydrogens (tertiary/aromatic N) is 4. The molecule has 7 heteroatoms. The monoisotopic (exact) mass is 485 g/mol. The first-order valence-electron chi connectivity index (χ1n) is 11.5. The topological polar surface area (TPSA) is 54.7 Å². The number of guanidine groups is 1. The summed E-state index contributed by atoms with van der Waals surface area (Å²) in [6, 6.07) is 18.6. The standard InChI is InChI=1S/C27H27N5S2/c1-19-10-12-23(13-11-19)34-30-24-18-33-26-20(2)32(17-22-9-5-4-8-21(22)16-28)27(29-25(24)26)31-14-6-3-7-15-31/h4-5,8-13,18,30H,2-3,6-7,14-15,17H2,1H3. The largest absolute Gasteiger partial charge is 0.342 e. The quantitative estimate of drug-likeness (QED) is 0.394. The zero-order valence-electron chi connectivity index (χ0n) is 19.3. The number of nitrogens with one attached hydrogen (secondary N) is 1. The first kappa shape index (κ1) is 22.6. The van der Waals surface area contributed by atoms with Crippen LogP contribution < -0.4 is 4.72 Å². The van der Waals surface area contributed by atoms with E-state index in [4.69, 9.17) is 4.99 Å². The second-order valence-corrected chi connectivity index (χ2v) is 10.4. The number of nitriles is 1. The van der Waals surface area contributed by atoms with Gasteiger partial charge in [-0.05, 0) is 61.9 Å². The van der Waals surface area contributed by atoms with Crippen LogP contribution in [0.5, 0.6) is 0 Å². The molecule has 5 rings (SSSR count). The Hall–Kier alpha value is -3.21. The summed E-state index contributed by atoms with van der Waals surface area (Å²) in [5.41, 5.74) is 5.85. The Balaban J connectivity index is 1.47. The van der Waals surface area contributed by atoms with Crippen molar-refractivity contribution in [1.29, 1.82) is 5.26 Å². The normalized spacial score (nSPS) is 15.5. The van der Waals surface area contributed by atoms with E-state index in [9.17, 15) is 5.26 Å². The lowest BCUT2D eigenvalue weighted by atomic mass is 10.1. The Labute approximate surface area is 209 Å². The number of aliphatic imine (C=N–C) groups is 1. The van der Waals surface area contributed by atoms with E-state index in [1.807, 2.05) is 24.3 Å². The number of fused-ring (bicyclic) bond motifs is 1. The number of anilines is 1. The van der Waals surface area contributed by atoms with E-state index >= 15 is 0 Å². The number of aryl methyl sites for hydroxylation is 1. The summed E-state index contributed by atoms with van der Waals surface area (Å²) in [4.78, 5) is 12.0. The van der Waals surface area contributed by atoms with Crippen LogP contribution >= 0.6 is 23.3 Å². The van der Waals surface area contributed by atoms with Crippen LogP contribution in [-0.2, 0) is 6.54 Å². The second-order valence-electron chi connectivity index (χ2n) is 8.61. The Kier molecular flexibility index (Phi) is 6.61. The Morgan fingerprint density at radius 3 is 2.65 bits per heavy atom. The first-order valence-corrected chi connectivity index (χ1v) is 13.2. The van der Waals surface area contributed by atoms with E-state index in [0.717, 1.165) is 51.5 Å². The second kappa shape index (κ2) is 9.96. The predicted octanol–water partition coefficient (Wildman–Crippen LogP) is 7.01. The van der Waals surface area contributed by atoms with Gasteiger partial charge in [-0.2, -0.15) is 5.26 Å². The molecule has 0 unspecified atom stereocenters. The van der Waals surface area contributed by atoms with E-state index in [2.05, 4.69) is 63.7 Å². The molecule has 2 aromatic carbocycles. The molecule has 2 aliphatic rings. The van der Waals surface area contributed by atoms with Crippen molar-refractivity contribution in [2.45, 2.75) is 37.6 Å². The highest BCUT2D eigenvalue weighted by molar-refractivity contribution is 8.00. The number of thiophene rings is 1. The fraction of sp³-hybridized carbons (Fsp3) is 0.259. The minimum atomic E-state index is 0.579. The summed E-state index contributed by atoms with van der Waals surface area (Å²) in [5, 5.41) is 11.7. The van der Waals surface area contributed by atoms with Gasteiger partial charge in [0.05, 0.1) is 34.4 Å². The van der Waals surface area contributed by atoms with Crippen LogP contribution in [0.2, 0.25) is 0 Å². The zero-order valence-corrected chi connectivity index (χ0v) is 20.9. The molecule has 0 spiro atoms. The van der Waals surface area contributed by atoms with Crippen molar-refractivity contribution in [3.05, 3.63) is 82.1 Å². The van der Waals surface area contributed by atoms with Gasteiger partial charge < -0.3 is 14.5 Å². The summed E-state index contributed by atoms with van der Waals surface area (Å²) in [7, 11) is 0. The van der Waals surface area contributed by atoms with Crippen molar-refractivity contribution in [3.8, 4) is 6.07 Å². The van der Waals surface area contributed by atoms with Crippen LogP contribution in [0.15, 0.2) is 70.4 Å². The van der Waals surface area contributed by atoms with Crippen LogP contribution in [0.25, 0.3) is 5.70 Å². The number of rotatable bonds is 5. The van der Waals surface area contributed by atoms with Gasteiger partial charge >= 0.3 is 0 Å². The molecule has 0 atom stereocenters. The van der Waals surface area contributed by atoms with Crippen molar-refractivity contribution < 1.29 is 0 Å². The summed E-state index contributed by atoms with van der Waals surface area (Å²) in [5.74, 6) is 0.937. The van der Waals surface area contributed by atoms with Gasteiger partial charge in [-0.15, -0.1) is 11.3 Å². The SMILES string of the molecule is C=C1c2scc(NSc3ccc(C)cc3)c2N=C(N2CCCCC2)N1Cc1ccccc1C#N. The lowest BCUT2D eigenvalue weighted by Crippen LogP contribution is -2.46. The Bertz CT molecular complexity index is 1260. The van der Waals surface area contributed by atoms with Crippen LogP contribution in [0.3, 0.4) is 0 Å². The van der Waals surface area contributed by atoms with Crippen molar-refractivity contribution in [2.75, 3.05) is 17.8 Å². The number of hydrogen-bond acceptors (Lipinski definition) is 7. The molecular formula is C27H27N5S2. The first-order chi connectivity index (χ1) is 16.6. The van der Waals surface area contributed by atoms with E-state index in [1.165, 1.54) is 24.8 Å². The molecule has 2 aliphatic heterocycles. The van der Waals surface area contributed by atoms with Crippen molar-refractivity contribution in [1.82, 2.24) is 9.80 Å². The summed E-state index contributed by atoms with van der Waals surface area (Å²) in [6.07, 6.45) is 3.59. The lowest BCUT2D eigenvalue weighted by Gasteiger charge is -2.39. The molecule has 1 fully saturated rings. The maximum absolute atomic E-state index is 9.62. The predicted molar refractivity (Wildman–Crippen MR) is 143 cm³/mol. The van der Waals surface area contributed by atoms with Crippen LogP contribution in [0, 0.1) is 18.3 Å². The third kappa shape index (κ3) is 4.56. The minimum absolute atomic E-state index is 0.579. The highest BCUT2D eigenvalue weighted by Crippen LogP contribution is 2.46. The average Bonchev–Trinajstić information content (AvgIpc) is 3.29. The molecule has 0 radical (unpaired) electrons. The molecule has 172 valence electrons. The Morgan fingerprint density at radius 2 is 1.88 bits per heavy atom. The van der Waals surface area contributed by atoms with Crippen LogP contribution in [0.4, 0.5) is 11.4 Å². The average molecular weight is 486 g/mol. The number of benzene rings is 2. The molecule has 0 saturated carbocycles. The molecule has 3 heterocycles. The highest BCUT2D eigenvalue weighted by atomic mass is 32.2. The molecule has 0 aliphatic carbocycles. The van der Waals surface area contributed by atoms with E-state index in [-0.39, 0.29) is 0 Å². The molecule has 0 amide bonds. The van der Waals surface area contributed by atoms with Crippen molar-refractivity contribution in [2.24, 2.45) is 4.99 Å². The number of piperidine rings is 1. The number of hydrogen-bond donors (Lipinski definition) is 1. The van der Waals surface area contributed by atoms with Gasteiger partial charge in [0, 0.05) is 23.4 Å². The van der Waals surface area contributed by atoms with Crippen molar-refractivity contribution in [3.63, 3.8) is 0 Å². The fourth-order valence-electron chi connectivity index (χ4n) is 4.30. The molecule has 3 aromatic rings. The molecule has 0 bridgehead atoms. The summed E-state index contributed by atoms with van der Waals surface area (Å²) < 4.78 is 3.51. The van der Waals surface area contributed by atoms with Gasteiger partial charge in [-0.1, -0.05) is 42.5 Å². The molecular weight excluding hydrogens is 458 g/mol. The smallest absolute Gasteiger partial charge is 0.206 e. The summed E-state index contributed by atoms with van der Waals surface area (Å²) in [6.45, 7) is 9.14. The van der Waals surface area contributed by atoms with Crippen molar-refractivity contribution >= 4 is 46.3 Å². The van der Waals surface area contributed by atoms with Crippen LogP contribution in [-0.4, -0.2) is 28.8 Å². The van der Waals surface area contributed by atoms with Gasteiger partial charge in [-0.25, -0.2) is 4.99 Å². The third-order valence-corrected chi connectivity index (χ3v) is 8.06. The van der Waals surface area contributed by atoms with Gasteiger partial charge in [0.15, 0.2) is 0 Å². The maximum Gasteiger partial charge on any atom is 0.206 e. The highest BCUT2D eigenvalue weighted by Gasteiger charge is 2.31. The molecule has 1 aromatic heterocycles. The molecule has 5 nitrogen and oxygen atoms in total. The van der Waals surface area contributed by atoms with E-state index < -0.39 is 0 Å². The van der Waals surface area contributed by atoms with E-state index in [0.29, 0.717) is 12.1 Å².